The summed E-state index contributed by atoms with van der Waals surface area (Å²) in [7, 11) is -4.10. The Balaban J connectivity index is 1.30. The van der Waals surface area contributed by atoms with E-state index in [1.807, 2.05) is 18.2 Å². The lowest BCUT2D eigenvalue weighted by molar-refractivity contribution is -0.119. The van der Waals surface area contributed by atoms with Crippen molar-refractivity contribution < 1.29 is 27.5 Å². The minimum absolute atomic E-state index is 0.00786. The molecule has 4 bridgehead atoms. The number of hydrogen-bond acceptors (Lipinski definition) is 9. The Bertz CT molecular complexity index is 1530. The molecule has 6 aliphatic rings. The van der Waals surface area contributed by atoms with Crippen molar-refractivity contribution in [1.82, 2.24) is 14.5 Å². The van der Waals surface area contributed by atoms with Crippen molar-refractivity contribution >= 4 is 39.5 Å². The quantitative estimate of drug-likeness (QED) is 0.477. The van der Waals surface area contributed by atoms with Crippen LogP contribution in [0, 0.1) is 11.8 Å². The fourth-order valence-electron chi connectivity index (χ4n) is 7.54. The molecular formula is C31H37ClN4O6S. The van der Waals surface area contributed by atoms with Crippen LogP contribution >= 0.6 is 11.6 Å². The van der Waals surface area contributed by atoms with E-state index in [0.717, 1.165) is 62.9 Å². The van der Waals surface area contributed by atoms with Crippen molar-refractivity contribution in [2.24, 2.45) is 11.8 Å². The summed E-state index contributed by atoms with van der Waals surface area (Å²) in [5.74, 6) is 0.461. The standard InChI is InChI=1S/C31H37ClN4O6S/c32-23-2-5-26-21(15-23)8-14-42-31(26)19-36-17-22-1-4-25(22)28(18-37)35-12-10-34(11-13-35)9-7-30(38)33-43(39,40)24-3-6-29(41-20-31)27(36)16-24/h2-3,5-6,15-16,18,22,25,28H,1,4,7-14,17,19-20H2,(H,33,38)/t22-,25+,28?,31+/m0/s1. The lowest BCUT2D eigenvalue weighted by atomic mass is 9.69. The molecule has 1 saturated heterocycles. The Hall–Kier alpha value is -2.70. The number of rotatable bonds is 1. The van der Waals surface area contributed by atoms with Crippen LogP contribution in [0.15, 0.2) is 41.3 Å². The number of nitrogens with one attached hydrogen (secondary N) is 1. The van der Waals surface area contributed by atoms with E-state index in [4.69, 9.17) is 21.1 Å². The second-order valence-electron chi connectivity index (χ2n) is 12.5. The Morgan fingerprint density at radius 1 is 1.02 bits per heavy atom. The van der Waals surface area contributed by atoms with Gasteiger partial charge in [-0.3, -0.25) is 9.69 Å². The van der Waals surface area contributed by atoms with E-state index in [1.165, 1.54) is 6.07 Å². The van der Waals surface area contributed by atoms with Crippen molar-refractivity contribution in [2.75, 3.05) is 63.9 Å². The molecule has 1 unspecified atom stereocenters. The van der Waals surface area contributed by atoms with Gasteiger partial charge in [0.05, 0.1) is 29.8 Å². The van der Waals surface area contributed by atoms with Crippen molar-refractivity contribution in [1.29, 1.82) is 0 Å². The molecule has 8 rings (SSSR count). The third kappa shape index (κ3) is 5.44. The van der Waals surface area contributed by atoms with Crippen LogP contribution in [0.2, 0.25) is 5.02 Å². The first-order valence-electron chi connectivity index (χ1n) is 15.2. The number of carbonyl (C=O) groups excluding carboxylic acids is 2. The molecule has 5 heterocycles. The van der Waals surface area contributed by atoms with E-state index < -0.39 is 21.5 Å². The predicted octanol–water partition coefficient (Wildman–Crippen LogP) is 2.43. The van der Waals surface area contributed by atoms with E-state index in [9.17, 15) is 18.0 Å². The molecule has 2 aromatic carbocycles. The van der Waals surface area contributed by atoms with Gasteiger partial charge < -0.3 is 24.1 Å². The number of aldehydes is 1. The Morgan fingerprint density at radius 3 is 2.63 bits per heavy atom. The number of hydrogen-bond donors (Lipinski definition) is 1. The van der Waals surface area contributed by atoms with Crippen LogP contribution in [0.1, 0.15) is 30.4 Å². The zero-order chi connectivity index (χ0) is 29.8. The number of carbonyl (C=O) groups is 2. The molecule has 0 radical (unpaired) electrons. The van der Waals surface area contributed by atoms with Gasteiger partial charge in [-0.2, -0.15) is 0 Å². The predicted molar refractivity (Wildman–Crippen MR) is 161 cm³/mol. The summed E-state index contributed by atoms with van der Waals surface area (Å²) in [5.41, 5.74) is 1.99. The second kappa shape index (κ2) is 11.3. The van der Waals surface area contributed by atoms with Crippen molar-refractivity contribution in [2.45, 2.75) is 42.2 Å². The van der Waals surface area contributed by atoms with E-state index in [2.05, 4.69) is 19.4 Å². The first-order chi connectivity index (χ1) is 20.7. The summed E-state index contributed by atoms with van der Waals surface area (Å²) >= 11 is 6.36. The lowest BCUT2D eigenvalue weighted by Crippen LogP contribution is -2.57. The van der Waals surface area contributed by atoms with Gasteiger partial charge in [0.2, 0.25) is 5.91 Å². The Morgan fingerprint density at radius 2 is 1.86 bits per heavy atom. The summed E-state index contributed by atoms with van der Waals surface area (Å²) in [6.07, 6.45) is 3.89. The average molecular weight is 629 g/mol. The Kier molecular flexibility index (Phi) is 7.66. The average Bonchev–Trinajstić information content (AvgIpc) is 3.13. The first kappa shape index (κ1) is 29.0. The molecule has 1 spiro atoms. The zero-order valence-electron chi connectivity index (χ0n) is 24.0. The van der Waals surface area contributed by atoms with Crippen LogP contribution in [0.4, 0.5) is 5.69 Å². The minimum Gasteiger partial charge on any atom is -0.488 e. The van der Waals surface area contributed by atoms with Gasteiger partial charge in [-0.15, -0.1) is 0 Å². The molecule has 5 aliphatic heterocycles. The number of anilines is 1. The third-order valence-corrected chi connectivity index (χ3v) is 11.6. The second-order valence-corrected chi connectivity index (χ2v) is 14.6. The van der Waals surface area contributed by atoms with Crippen LogP contribution in [0.25, 0.3) is 0 Å². The highest BCUT2D eigenvalue weighted by Crippen LogP contribution is 2.45. The number of halogens is 1. The van der Waals surface area contributed by atoms with E-state index in [-0.39, 0.29) is 35.8 Å². The fraction of sp³-hybridized carbons (Fsp3) is 0.548. The number of amides is 1. The van der Waals surface area contributed by atoms with Crippen molar-refractivity contribution in [3.8, 4) is 5.75 Å². The van der Waals surface area contributed by atoms with Crippen molar-refractivity contribution in [3.63, 3.8) is 0 Å². The molecule has 1 saturated carbocycles. The summed E-state index contributed by atoms with van der Waals surface area (Å²) in [5, 5.41) is 0.671. The molecule has 1 aliphatic carbocycles. The topological polar surface area (TPSA) is 108 Å². The summed E-state index contributed by atoms with van der Waals surface area (Å²) in [6.45, 7) is 5.25. The number of benzene rings is 2. The maximum absolute atomic E-state index is 13.4. The monoisotopic (exact) mass is 628 g/mol. The lowest BCUT2D eigenvalue weighted by Gasteiger charge is -2.48. The van der Waals surface area contributed by atoms with Gasteiger partial charge in [0.15, 0.2) is 0 Å². The number of ether oxygens (including phenoxy) is 2. The molecule has 2 fully saturated rings. The van der Waals surface area contributed by atoms with Crippen molar-refractivity contribution in [3.05, 3.63) is 52.5 Å². The maximum Gasteiger partial charge on any atom is 0.264 e. The van der Waals surface area contributed by atoms with Gasteiger partial charge in [0.25, 0.3) is 10.0 Å². The van der Waals surface area contributed by atoms with Crippen LogP contribution in [0.5, 0.6) is 5.75 Å². The number of fused-ring (bicyclic) bond motifs is 8. The summed E-state index contributed by atoms with van der Waals surface area (Å²) in [4.78, 5) is 31.9. The normalized spacial score (nSPS) is 33.6. The Labute approximate surface area is 257 Å². The smallest absolute Gasteiger partial charge is 0.264 e. The first-order valence-corrected chi connectivity index (χ1v) is 17.0. The minimum atomic E-state index is -4.10. The van der Waals surface area contributed by atoms with Gasteiger partial charge in [-0.05, 0) is 72.6 Å². The maximum atomic E-state index is 13.4. The fourth-order valence-corrected chi connectivity index (χ4v) is 8.77. The summed E-state index contributed by atoms with van der Waals surface area (Å²) in [6, 6.07) is 10.5. The highest BCUT2D eigenvalue weighted by atomic mass is 35.5. The van der Waals surface area contributed by atoms with Gasteiger partial charge >= 0.3 is 0 Å². The highest BCUT2D eigenvalue weighted by molar-refractivity contribution is 7.90. The van der Waals surface area contributed by atoms with Crippen LogP contribution < -0.4 is 14.4 Å². The highest BCUT2D eigenvalue weighted by Gasteiger charge is 2.46. The number of nitrogens with zero attached hydrogens (tertiary/aromatic N) is 3. The third-order valence-electron chi connectivity index (χ3n) is 10.0. The molecule has 12 heteroatoms. The van der Waals surface area contributed by atoms with Crippen LogP contribution in [-0.4, -0.2) is 95.5 Å². The molecule has 230 valence electrons. The van der Waals surface area contributed by atoms with Gasteiger partial charge in [0.1, 0.15) is 24.2 Å². The van der Waals surface area contributed by atoms with Crippen LogP contribution in [0.3, 0.4) is 0 Å². The molecule has 1 amide bonds. The molecule has 43 heavy (non-hydrogen) atoms. The molecule has 2 aromatic rings. The van der Waals surface area contributed by atoms with Gasteiger partial charge in [-0.1, -0.05) is 17.7 Å². The van der Waals surface area contributed by atoms with E-state index >= 15 is 0 Å². The zero-order valence-corrected chi connectivity index (χ0v) is 25.6. The van der Waals surface area contributed by atoms with Gasteiger partial charge in [-0.25, -0.2) is 13.1 Å². The summed E-state index contributed by atoms with van der Waals surface area (Å²) < 4.78 is 42.0. The molecular weight excluding hydrogens is 592 g/mol. The molecule has 4 atom stereocenters. The molecule has 1 N–H and O–H groups in total. The SMILES string of the molecule is O=CC1[C@@H]2CC[C@H]2CN2C[C@]3(COc4ccc(cc42)S(=O)(=O)NC(=O)CCN2CCN1CC2)OCCc1cc(Cl)ccc13. The number of piperazine rings is 1. The molecule has 0 aromatic heterocycles. The van der Waals surface area contributed by atoms with Gasteiger partial charge in [0, 0.05) is 50.7 Å². The molecule has 10 nitrogen and oxygen atoms in total. The largest absolute Gasteiger partial charge is 0.488 e. The van der Waals surface area contributed by atoms with Crippen LogP contribution in [-0.2, 0) is 36.4 Å². The van der Waals surface area contributed by atoms with E-state index in [1.54, 1.807) is 12.1 Å². The van der Waals surface area contributed by atoms with E-state index in [0.29, 0.717) is 42.7 Å². The number of sulfonamides is 1.